The van der Waals surface area contributed by atoms with Gasteiger partial charge < -0.3 is 19.3 Å². The second kappa shape index (κ2) is 8.09. The summed E-state index contributed by atoms with van der Waals surface area (Å²) < 4.78 is 13.8. The zero-order valence-corrected chi connectivity index (χ0v) is 18.6. The lowest BCUT2D eigenvalue weighted by molar-refractivity contribution is -0.00547. The Labute approximate surface area is 182 Å². The maximum absolute atomic E-state index is 5.95. The minimum absolute atomic E-state index is 0.146. The van der Waals surface area contributed by atoms with Crippen molar-refractivity contribution in [3.05, 3.63) is 36.7 Å². The molecule has 1 aromatic carbocycles. The fraction of sp³-hybridized carbons (Fsp3) is 0.522. The molecule has 0 radical (unpaired) electrons. The van der Waals surface area contributed by atoms with E-state index in [9.17, 15) is 0 Å². The molecule has 5 rings (SSSR count). The summed E-state index contributed by atoms with van der Waals surface area (Å²) in [6, 6.07) is 10.4. The third-order valence-electron chi connectivity index (χ3n) is 6.28. The maximum atomic E-state index is 5.95. The van der Waals surface area contributed by atoms with Crippen molar-refractivity contribution in [1.29, 1.82) is 0 Å². The number of anilines is 2. The number of hydrogen-bond acceptors (Lipinski definition) is 7. The van der Waals surface area contributed by atoms with Crippen LogP contribution in [0.2, 0.25) is 0 Å². The highest BCUT2D eigenvalue weighted by Crippen LogP contribution is 2.28. The van der Waals surface area contributed by atoms with E-state index in [1.165, 1.54) is 0 Å². The van der Waals surface area contributed by atoms with Crippen LogP contribution in [0.4, 0.5) is 11.6 Å². The summed E-state index contributed by atoms with van der Waals surface area (Å²) in [4.78, 5) is 19.2. The van der Waals surface area contributed by atoms with E-state index >= 15 is 0 Å². The van der Waals surface area contributed by atoms with Crippen molar-refractivity contribution in [2.45, 2.75) is 52.0 Å². The van der Waals surface area contributed by atoms with Crippen LogP contribution in [-0.4, -0.2) is 70.1 Å². The monoisotopic (exact) mass is 422 g/mol. The van der Waals surface area contributed by atoms with Crippen LogP contribution in [-0.2, 0) is 9.47 Å². The average Bonchev–Trinajstić information content (AvgIpc) is 3.19. The van der Waals surface area contributed by atoms with Gasteiger partial charge in [-0.2, -0.15) is 9.97 Å². The summed E-state index contributed by atoms with van der Waals surface area (Å²) in [6.45, 7) is 11.6. The van der Waals surface area contributed by atoms with Crippen LogP contribution in [0.3, 0.4) is 0 Å². The van der Waals surface area contributed by atoms with Crippen LogP contribution in [0.5, 0.6) is 0 Å². The summed E-state index contributed by atoms with van der Waals surface area (Å²) in [5, 5.41) is 0. The molecule has 2 aliphatic rings. The van der Waals surface area contributed by atoms with Crippen LogP contribution in [0.25, 0.3) is 17.0 Å². The predicted molar refractivity (Wildman–Crippen MR) is 121 cm³/mol. The lowest BCUT2D eigenvalue weighted by Gasteiger charge is -2.40. The number of rotatable bonds is 3. The summed E-state index contributed by atoms with van der Waals surface area (Å²) in [5.41, 5.74) is 1.93. The van der Waals surface area contributed by atoms with Crippen LogP contribution >= 0.6 is 0 Å². The van der Waals surface area contributed by atoms with Gasteiger partial charge in [-0.05, 0) is 39.8 Å². The van der Waals surface area contributed by atoms with E-state index in [-0.39, 0.29) is 24.4 Å². The molecule has 31 heavy (non-hydrogen) atoms. The number of hydrogen-bond donors (Lipinski definition) is 0. The van der Waals surface area contributed by atoms with Gasteiger partial charge in [0.2, 0.25) is 5.95 Å². The van der Waals surface area contributed by atoms with Crippen molar-refractivity contribution < 1.29 is 9.47 Å². The number of aromatic nitrogens is 4. The number of nitrogens with zero attached hydrogens (tertiary/aromatic N) is 6. The highest BCUT2D eigenvalue weighted by atomic mass is 16.5. The molecule has 0 aliphatic carbocycles. The summed E-state index contributed by atoms with van der Waals surface area (Å²) in [5.74, 6) is 2.48. The molecule has 0 bridgehead atoms. The molecule has 0 saturated carbocycles. The smallest absolute Gasteiger partial charge is 0.239 e. The molecule has 2 fully saturated rings. The van der Waals surface area contributed by atoms with Crippen molar-refractivity contribution in [2.24, 2.45) is 0 Å². The summed E-state index contributed by atoms with van der Waals surface area (Å²) in [7, 11) is 0. The van der Waals surface area contributed by atoms with Crippen molar-refractivity contribution in [2.75, 3.05) is 36.0 Å². The standard InChI is InChI=1S/C23H30N6O2/c1-15-12-27(13-16(2)31-15)21-11-22(28-9-10-30-18(4)17(28)3)26-23(25-21)29-14-24-19-7-5-6-8-20(19)29/h5-8,11,14-18H,9-10,12-13H2,1-4H3/t15-,16+,17-,18+/m0/s1. The number of imidazole rings is 1. The van der Waals surface area contributed by atoms with Gasteiger partial charge in [0.25, 0.3) is 0 Å². The highest BCUT2D eigenvalue weighted by Gasteiger charge is 2.29. The van der Waals surface area contributed by atoms with E-state index in [0.717, 1.165) is 42.3 Å². The van der Waals surface area contributed by atoms with Crippen LogP contribution in [0.1, 0.15) is 27.7 Å². The molecule has 3 aromatic rings. The molecule has 0 unspecified atom stereocenters. The molecule has 8 heteroatoms. The zero-order chi connectivity index (χ0) is 21.5. The van der Waals surface area contributed by atoms with Crippen molar-refractivity contribution in [3.8, 4) is 5.95 Å². The Hall–Kier alpha value is -2.71. The minimum atomic E-state index is 0.146. The van der Waals surface area contributed by atoms with Crippen LogP contribution in [0.15, 0.2) is 36.7 Å². The van der Waals surface area contributed by atoms with Crippen molar-refractivity contribution in [1.82, 2.24) is 19.5 Å². The number of ether oxygens (including phenoxy) is 2. The van der Waals surface area contributed by atoms with E-state index in [4.69, 9.17) is 19.4 Å². The first-order valence-electron chi connectivity index (χ1n) is 11.1. The van der Waals surface area contributed by atoms with Gasteiger partial charge in [-0.15, -0.1) is 0 Å². The number of fused-ring (bicyclic) bond motifs is 1. The Morgan fingerprint density at radius 3 is 2.52 bits per heavy atom. The largest absolute Gasteiger partial charge is 0.375 e. The topological polar surface area (TPSA) is 68.5 Å². The summed E-state index contributed by atoms with van der Waals surface area (Å²) >= 11 is 0. The number of benzene rings is 1. The molecule has 4 atom stereocenters. The first kappa shape index (κ1) is 20.2. The lowest BCUT2D eigenvalue weighted by Crippen LogP contribution is -2.49. The van der Waals surface area contributed by atoms with Crippen molar-refractivity contribution in [3.63, 3.8) is 0 Å². The second-order valence-corrected chi connectivity index (χ2v) is 8.66. The Kier molecular flexibility index (Phi) is 5.27. The average molecular weight is 423 g/mol. The molecular weight excluding hydrogens is 392 g/mol. The highest BCUT2D eigenvalue weighted by molar-refractivity contribution is 5.76. The molecule has 2 aliphatic heterocycles. The third kappa shape index (κ3) is 3.85. The molecule has 2 saturated heterocycles. The van der Waals surface area contributed by atoms with Gasteiger partial charge in [-0.1, -0.05) is 12.1 Å². The van der Waals surface area contributed by atoms with Gasteiger partial charge in [0, 0.05) is 25.7 Å². The molecule has 2 aromatic heterocycles. The van der Waals surface area contributed by atoms with E-state index in [1.807, 2.05) is 29.1 Å². The van der Waals surface area contributed by atoms with Gasteiger partial charge in [0.15, 0.2) is 0 Å². The van der Waals surface area contributed by atoms with E-state index in [2.05, 4.69) is 54.6 Å². The molecule has 0 spiro atoms. The number of morpholine rings is 2. The molecule has 4 heterocycles. The van der Waals surface area contributed by atoms with Gasteiger partial charge in [0.05, 0.1) is 42.0 Å². The van der Waals surface area contributed by atoms with E-state index < -0.39 is 0 Å². The molecule has 0 amide bonds. The quantitative estimate of drug-likeness (QED) is 0.643. The fourth-order valence-corrected chi connectivity index (χ4v) is 4.57. The normalized spacial score (nSPS) is 27.1. The Morgan fingerprint density at radius 2 is 1.71 bits per heavy atom. The Balaban J connectivity index is 1.62. The van der Waals surface area contributed by atoms with Crippen LogP contribution < -0.4 is 9.80 Å². The van der Waals surface area contributed by atoms with Gasteiger partial charge in [-0.25, -0.2) is 4.98 Å². The van der Waals surface area contributed by atoms with Gasteiger partial charge in [-0.3, -0.25) is 4.57 Å². The zero-order valence-electron chi connectivity index (χ0n) is 18.6. The molecule has 164 valence electrons. The van der Waals surface area contributed by atoms with E-state index in [1.54, 1.807) is 0 Å². The number of para-hydroxylation sites is 2. The third-order valence-corrected chi connectivity index (χ3v) is 6.28. The minimum Gasteiger partial charge on any atom is -0.375 e. The van der Waals surface area contributed by atoms with Gasteiger partial charge >= 0.3 is 0 Å². The fourth-order valence-electron chi connectivity index (χ4n) is 4.57. The Bertz CT molecular complexity index is 1060. The Morgan fingerprint density at radius 1 is 0.968 bits per heavy atom. The lowest BCUT2D eigenvalue weighted by atomic mass is 10.1. The molecular formula is C23H30N6O2. The molecule has 8 nitrogen and oxygen atoms in total. The van der Waals surface area contributed by atoms with Crippen LogP contribution in [0, 0.1) is 0 Å². The first-order valence-corrected chi connectivity index (χ1v) is 11.1. The van der Waals surface area contributed by atoms with Gasteiger partial charge in [0.1, 0.15) is 18.0 Å². The first-order chi connectivity index (χ1) is 15.0. The summed E-state index contributed by atoms with van der Waals surface area (Å²) in [6.07, 6.45) is 2.26. The predicted octanol–water partition coefficient (Wildman–Crippen LogP) is 3.04. The molecule has 0 N–H and O–H groups in total. The van der Waals surface area contributed by atoms with Crippen molar-refractivity contribution >= 4 is 22.7 Å². The second-order valence-electron chi connectivity index (χ2n) is 8.66. The maximum Gasteiger partial charge on any atom is 0.239 e. The SMILES string of the molecule is C[C@@H]1CN(c2cc(N3CCO[C@H](C)[C@@H]3C)nc(-n3cnc4ccccc43)n2)C[C@H](C)O1. The van der Waals surface area contributed by atoms with E-state index in [0.29, 0.717) is 12.6 Å².